The topological polar surface area (TPSA) is 29.1 Å². The van der Waals surface area contributed by atoms with Gasteiger partial charge in [-0.15, -0.1) is 0 Å². The largest absolute Gasteiger partial charge is 0.326 e. The van der Waals surface area contributed by atoms with Crippen LogP contribution in [0.25, 0.3) is 0 Å². The number of carbonyl (C=O) groups excluding carboxylic acids is 1. The number of rotatable bonds is 2. The van der Waals surface area contributed by atoms with Gasteiger partial charge in [0.25, 0.3) is 0 Å². The molecule has 0 saturated heterocycles. The van der Waals surface area contributed by atoms with Gasteiger partial charge < -0.3 is 5.32 Å². The zero-order valence-electron chi connectivity index (χ0n) is 14.1. The first kappa shape index (κ1) is 16.1. The van der Waals surface area contributed by atoms with Crippen LogP contribution in [0.3, 0.4) is 0 Å². The lowest BCUT2D eigenvalue weighted by Gasteiger charge is -2.36. The highest BCUT2D eigenvalue weighted by Crippen LogP contribution is 2.40. The minimum absolute atomic E-state index is 0.185. The Morgan fingerprint density at radius 3 is 2.24 bits per heavy atom. The zero-order valence-corrected chi connectivity index (χ0v) is 14.1. The van der Waals surface area contributed by atoms with E-state index in [-0.39, 0.29) is 11.8 Å². The van der Waals surface area contributed by atoms with E-state index in [1.54, 1.807) is 0 Å². The maximum atomic E-state index is 12.4. The van der Waals surface area contributed by atoms with Gasteiger partial charge in [0.1, 0.15) is 0 Å². The molecule has 1 aliphatic rings. The summed E-state index contributed by atoms with van der Waals surface area (Å²) in [5.74, 6) is 1.14. The second-order valence-electron chi connectivity index (χ2n) is 7.72. The first-order valence-corrected chi connectivity index (χ1v) is 8.15. The summed E-state index contributed by atoms with van der Waals surface area (Å²) in [6.45, 7) is 11.1. The van der Waals surface area contributed by atoms with Crippen LogP contribution in [-0.2, 0) is 4.79 Å². The molecule has 0 atom stereocenters. The summed E-state index contributed by atoms with van der Waals surface area (Å²) in [6.07, 6.45) is 4.40. The Labute approximate surface area is 129 Å². The quantitative estimate of drug-likeness (QED) is 0.806. The molecule has 0 heterocycles. The highest BCUT2D eigenvalue weighted by molar-refractivity contribution is 5.93. The number of carbonyl (C=O) groups is 1. The van der Waals surface area contributed by atoms with E-state index in [1.807, 2.05) is 6.07 Å². The maximum absolute atomic E-state index is 12.4. The molecule has 21 heavy (non-hydrogen) atoms. The van der Waals surface area contributed by atoms with Crippen LogP contribution in [0.15, 0.2) is 18.2 Å². The Morgan fingerprint density at radius 2 is 1.71 bits per heavy atom. The minimum atomic E-state index is 0.185. The van der Waals surface area contributed by atoms with Gasteiger partial charge in [0.05, 0.1) is 0 Å². The number of aryl methyl sites for hydroxylation is 2. The number of benzene rings is 1. The predicted molar refractivity (Wildman–Crippen MR) is 89.4 cm³/mol. The normalized spacial score (nSPS) is 22.9. The Morgan fingerprint density at radius 1 is 1.10 bits per heavy atom. The van der Waals surface area contributed by atoms with Crippen molar-refractivity contribution in [3.8, 4) is 0 Å². The lowest BCUT2D eigenvalue weighted by Crippen LogP contribution is -2.31. The fraction of sp³-hybridized carbons (Fsp3) is 0.632. The van der Waals surface area contributed by atoms with E-state index in [1.165, 1.54) is 18.4 Å². The van der Waals surface area contributed by atoms with Crippen LogP contribution in [0.4, 0.5) is 5.69 Å². The Hall–Kier alpha value is -1.31. The van der Waals surface area contributed by atoms with Gasteiger partial charge >= 0.3 is 0 Å². The van der Waals surface area contributed by atoms with E-state index in [0.29, 0.717) is 5.41 Å². The number of nitrogens with one attached hydrogen (secondary N) is 1. The lowest BCUT2D eigenvalue weighted by molar-refractivity contribution is -0.121. The van der Waals surface area contributed by atoms with Crippen molar-refractivity contribution in [3.63, 3.8) is 0 Å². The van der Waals surface area contributed by atoms with Crippen LogP contribution in [0.2, 0.25) is 0 Å². The first-order chi connectivity index (χ1) is 9.77. The average Bonchev–Trinajstić information content (AvgIpc) is 2.41. The van der Waals surface area contributed by atoms with E-state index in [9.17, 15) is 4.79 Å². The molecule has 1 aromatic rings. The molecule has 1 aliphatic carbocycles. The highest BCUT2D eigenvalue weighted by atomic mass is 16.1. The molecule has 2 rings (SSSR count). The summed E-state index contributed by atoms with van der Waals surface area (Å²) in [5, 5.41) is 3.12. The molecule has 2 heteroatoms. The van der Waals surface area contributed by atoms with Crippen LogP contribution in [-0.4, -0.2) is 5.91 Å². The summed E-state index contributed by atoms with van der Waals surface area (Å²) in [7, 11) is 0. The number of hydrogen-bond acceptors (Lipinski definition) is 1. The molecule has 1 N–H and O–H groups in total. The highest BCUT2D eigenvalue weighted by Gasteiger charge is 2.32. The van der Waals surface area contributed by atoms with Gasteiger partial charge in [-0.3, -0.25) is 4.79 Å². The molecule has 0 unspecified atom stereocenters. The third-order valence-corrected chi connectivity index (χ3v) is 4.96. The molecular formula is C19H29NO. The molecule has 1 saturated carbocycles. The lowest BCUT2D eigenvalue weighted by atomic mass is 9.69. The smallest absolute Gasteiger partial charge is 0.227 e. The predicted octanol–water partition coefficient (Wildman–Crippen LogP) is 5.09. The first-order valence-electron chi connectivity index (χ1n) is 8.15. The van der Waals surface area contributed by atoms with Crippen molar-refractivity contribution in [2.75, 3.05) is 5.32 Å². The standard InChI is InChI=1S/C19H29NO/c1-13-6-11-17(14(2)12-13)20-18(21)15-7-9-16(10-8-15)19(3,4)5/h6,11-12,15-16H,7-10H2,1-5H3,(H,20,21). The molecular weight excluding hydrogens is 258 g/mol. The van der Waals surface area contributed by atoms with E-state index in [4.69, 9.17) is 0 Å². The SMILES string of the molecule is Cc1ccc(NC(=O)C2CCC(C(C)(C)C)CC2)c(C)c1. The van der Waals surface area contributed by atoms with E-state index in [2.05, 4.69) is 52.1 Å². The van der Waals surface area contributed by atoms with Gasteiger partial charge in [0.15, 0.2) is 0 Å². The third kappa shape index (κ3) is 4.09. The van der Waals surface area contributed by atoms with E-state index >= 15 is 0 Å². The van der Waals surface area contributed by atoms with Crippen LogP contribution in [0.1, 0.15) is 57.6 Å². The van der Waals surface area contributed by atoms with Crippen molar-refractivity contribution in [3.05, 3.63) is 29.3 Å². The Bertz CT molecular complexity index is 505. The molecule has 0 aromatic heterocycles. The number of amides is 1. The van der Waals surface area contributed by atoms with Crippen LogP contribution in [0, 0.1) is 31.1 Å². The van der Waals surface area contributed by atoms with Gasteiger partial charge in [-0.25, -0.2) is 0 Å². The fourth-order valence-corrected chi connectivity index (χ4v) is 3.41. The Kier molecular flexibility index (Phi) is 4.75. The fourth-order valence-electron chi connectivity index (χ4n) is 3.41. The molecule has 0 radical (unpaired) electrons. The molecule has 1 amide bonds. The molecule has 0 spiro atoms. The van der Waals surface area contributed by atoms with Crippen molar-refractivity contribution >= 4 is 11.6 Å². The summed E-state index contributed by atoms with van der Waals surface area (Å²) >= 11 is 0. The summed E-state index contributed by atoms with van der Waals surface area (Å²) in [5.41, 5.74) is 3.71. The summed E-state index contributed by atoms with van der Waals surface area (Å²) in [6, 6.07) is 6.19. The van der Waals surface area contributed by atoms with Crippen LogP contribution >= 0.6 is 0 Å². The van der Waals surface area contributed by atoms with E-state index in [0.717, 1.165) is 30.0 Å². The van der Waals surface area contributed by atoms with Crippen molar-refractivity contribution in [1.29, 1.82) is 0 Å². The molecule has 0 bridgehead atoms. The number of anilines is 1. The second kappa shape index (κ2) is 6.21. The molecule has 1 fully saturated rings. The molecule has 0 aliphatic heterocycles. The Balaban J connectivity index is 1.93. The molecule has 2 nitrogen and oxygen atoms in total. The van der Waals surface area contributed by atoms with Crippen molar-refractivity contribution < 1.29 is 4.79 Å². The third-order valence-electron chi connectivity index (χ3n) is 4.96. The summed E-state index contributed by atoms with van der Waals surface area (Å²) < 4.78 is 0. The monoisotopic (exact) mass is 287 g/mol. The molecule has 116 valence electrons. The average molecular weight is 287 g/mol. The summed E-state index contributed by atoms with van der Waals surface area (Å²) in [4.78, 5) is 12.4. The maximum Gasteiger partial charge on any atom is 0.227 e. The van der Waals surface area contributed by atoms with Gasteiger partial charge in [0, 0.05) is 11.6 Å². The van der Waals surface area contributed by atoms with Gasteiger partial charge in [-0.1, -0.05) is 38.5 Å². The van der Waals surface area contributed by atoms with Crippen LogP contribution in [0.5, 0.6) is 0 Å². The van der Waals surface area contributed by atoms with Crippen molar-refractivity contribution in [2.24, 2.45) is 17.3 Å². The second-order valence-corrected chi connectivity index (χ2v) is 7.72. The van der Waals surface area contributed by atoms with Gasteiger partial charge in [-0.05, 0) is 62.5 Å². The van der Waals surface area contributed by atoms with Gasteiger partial charge in [0.2, 0.25) is 5.91 Å². The van der Waals surface area contributed by atoms with Crippen LogP contribution < -0.4 is 5.32 Å². The molecule has 1 aromatic carbocycles. The van der Waals surface area contributed by atoms with Gasteiger partial charge in [-0.2, -0.15) is 0 Å². The number of hydrogen-bond donors (Lipinski definition) is 1. The minimum Gasteiger partial charge on any atom is -0.326 e. The van der Waals surface area contributed by atoms with Crippen molar-refractivity contribution in [2.45, 2.75) is 60.3 Å². The zero-order chi connectivity index (χ0) is 15.6. The van der Waals surface area contributed by atoms with E-state index < -0.39 is 0 Å². The van der Waals surface area contributed by atoms with Crippen molar-refractivity contribution in [1.82, 2.24) is 0 Å².